The van der Waals surface area contributed by atoms with E-state index in [2.05, 4.69) is 41.4 Å². The smallest absolute Gasteiger partial charge is 0.0237 e. The molecule has 1 saturated heterocycles. The zero-order chi connectivity index (χ0) is 12.8. The van der Waals surface area contributed by atoms with E-state index in [1.807, 2.05) is 7.05 Å². The molecule has 1 heterocycles. The van der Waals surface area contributed by atoms with Gasteiger partial charge in [0, 0.05) is 19.6 Å². The van der Waals surface area contributed by atoms with Crippen LogP contribution in [-0.2, 0) is 13.1 Å². The maximum absolute atomic E-state index is 3.26. The first-order chi connectivity index (χ1) is 8.83. The summed E-state index contributed by atoms with van der Waals surface area (Å²) in [7, 11) is 2.02. The van der Waals surface area contributed by atoms with Crippen LogP contribution in [0.1, 0.15) is 37.3 Å². The molecule has 1 aromatic carbocycles. The van der Waals surface area contributed by atoms with Gasteiger partial charge in [0.2, 0.25) is 0 Å². The van der Waals surface area contributed by atoms with Gasteiger partial charge in [-0.15, -0.1) is 0 Å². The van der Waals surface area contributed by atoms with Crippen LogP contribution in [0.25, 0.3) is 0 Å². The second-order valence-electron chi connectivity index (χ2n) is 5.48. The standard InChI is InChI=1S/C16H26N2/c1-3-6-14-9-10-18(12-14)13-16-8-5-4-7-15(16)11-17-2/h4-5,7-8,14,17H,3,6,9-13H2,1-2H3. The molecule has 0 amide bonds. The summed E-state index contributed by atoms with van der Waals surface area (Å²) >= 11 is 0. The average Bonchev–Trinajstić information content (AvgIpc) is 2.80. The number of hydrogen-bond acceptors (Lipinski definition) is 2. The van der Waals surface area contributed by atoms with E-state index < -0.39 is 0 Å². The highest BCUT2D eigenvalue weighted by atomic mass is 15.1. The predicted octanol–water partition coefficient (Wildman–Crippen LogP) is 3.03. The van der Waals surface area contributed by atoms with Crippen molar-refractivity contribution in [1.82, 2.24) is 10.2 Å². The van der Waals surface area contributed by atoms with Crippen molar-refractivity contribution in [3.63, 3.8) is 0 Å². The molecular weight excluding hydrogens is 220 g/mol. The van der Waals surface area contributed by atoms with Crippen LogP contribution in [0.5, 0.6) is 0 Å². The van der Waals surface area contributed by atoms with E-state index in [0.717, 1.165) is 19.0 Å². The molecule has 2 nitrogen and oxygen atoms in total. The van der Waals surface area contributed by atoms with Crippen LogP contribution in [0.4, 0.5) is 0 Å². The molecule has 0 radical (unpaired) electrons. The first-order valence-electron chi connectivity index (χ1n) is 7.27. The summed E-state index contributed by atoms with van der Waals surface area (Å²) in [6, 6.07) is 8.82. The second-order valence-corrected chi connectivity index (χ2v) is 5.48. The van der Waals surface area contributed by atoms with Gasteiger partial charge in [-0.05, 0) is 43.5 Å². The Morgan fingerprint density at radius 2 is 2.06 bits per heavy atom. The highest BCUT2D eigenvalue weighted by molar-refractivity contribution is 5.27. The van der Waals surface area contributed by atoms with E-state index in [0.29, 0.717) is 0 Å². The summed E-state index contributed by atoms with van der Waals surface area (Å²) in [4.78, 5) is 2.62. The van der Waals surface area contributed by atoms with Crippen molar-refractivity contribution in [2.45, 2.75) is 39.3 Å². The lowest BCUT2D eigenvalue weighted by Crippen LogP contribution is -2.21. The third-order valence-electron chi connectivity index (χ3n) is 3.95. The monoisotopic (exact) mass is 246 g/mol. The van der Waals surface area contributed by atoms with Crippen LogP contribution in [0, 0.1) is 5.92 Å². The Morgan fingerprint density at radius 1 is 1.28 bits per heavy atom. The molecule has 2 rings (SSSR count). The third-order valence-corrected chi connectivity index (χ3v) is 3.95. The van der Waals surface area contributed by atoms with Crippen LogP contribution in [0.2, 0.25) is 0 Å². The summed E-state index contributed by atoms with van der Waals surface area (Å²) in [5.74, 6) is 0.937. The fraction of sp³-hybridized carbons (Fsp3) is 0.625. The molecule has 1 N–H and O–H groups in total. The molecule has 1 aliphatic rings. The number of nitrogens with one attached hydrogen (secondary N) is 1. The van der Waals surface area contributed by atoms with Crippen LogP contribution in [0.3, 0.4) is 0 Å². The molecule has 1 fully saturated rings. The molecule has 1 unspecified atom stereocenters. The van der Waals surface area contributed by atoms with Gasteiger partial charge in [-0.3, -0.25) is 4.90 Å². The molecule has 1 aliphatic heterocycles. The molecule has 0 saturated carbocycles. The van der Waals surface area contributed by atoms with Crippen LogP contribution in [0.15, 0.2) is 24.3 Å². The zero-order valence-corrected chi connectivity index (χ0v) is 11.8. The molecule has 0 aromatic heterocycles. The van der Waals surface area contributed by atoms with Gasteiger partial charge in [-0.25, -0.2) is 0 Å². The summed E-state index contributed by atoms with van der Waals surface area (Å²) in [5, 5.41) is 3.26. The Morgan fingerprint density at radius 3 is 2.78 bits per heavy atom. The first-order valence-corrected chi connectivity index (χ1v) is 7.27. The van der Waals surface area contributed by atoms with Crippen molar-refractivity contribution in [2.24, 2.45) is 5.92 Å². The van der Waals surface area contributed by atoms with Gasteiger partial charge in [0.1, 0.15) is 0 Å². The largest absolute Gasteiger partial charge is 0.316 e. The number of likely N-dealkylation sites (tertiary alicyclic amines) is 1. The number of hydrogen-bond donors (Lipinski definition) is 1. The van der Waals surface area contributed by atoms with Crippen molar-refractivity contribution in [3.05, 3.63) is 35.4 Å². The lowest BCUT2D eigenvalue weighted by Gasteiger charge is -2.18. The minimum Gasteiger partial charge on any atom is -0.316 e. The Hall–Kier alpha value is -0.860. The molecule has 1 atom stereocenters. The molecule has 0 aliphatic carbocycles. The van der Waals surface area contributed by atoms with Crippen molar-refractivity contribution in [3.8, 4) is 0 Å². The predicted molar refractivity (Wildman–Crippen MR) is 77.5 cm³/mol. The number of nitrogens with zero attached hydrogens (tertiary/aromatic N) is 1. The minimum absolute atomic E-state index is 0.937. The third kappa shape index (κ3) is 3.56. The second kappa shape index (κ2) is 6.91. The topological polar surface area (TPSA) is 15.3 Å². The normalized spacial score (nSPS) is 20.4. The quantitative estimate of drug-likeness (QED) is 0.830. The summed E-state index contributed by atoms with van der Waals surface area (Å²) in [5.41, 5.74) is 2.93. The maximum Gasteiger partial charge on any atom is 0.0237 e. The highest BCUT2D eigenvalue weighted by Gasteiger charge is 2.21. The molecule has 1 aromatic rings. The highest BCUT2D eigenvalue weighted by Crippen LogP contribution is 2.23. The van der Waals surface area contributed by atoms with E-state index in [1.54, 1.807) is 0 Å². The zero-order valence-electron chi connectivity index (χ0n) is 11.8. The molecule has 2 heteroatoms. The van der Waals surface area contributed by atoms with Crippen LogP contribution in [-0.4, -0.2) is 25.0 Å². The van der Waals surface area contributed by atoms with E-state index in [9.17, 15) is 0 Å². The summed E-state index contributed by atoms with van der Waals surface area (Å²) in [6.07, 6.45) is 4.12. The summed E-state index contributed by atoms with van der Waals surface area (Å²) < 4.78 is 0. The molecular formula is C16H26N2. The van der Waals surface area contributed by atoms with Gasteiger partial charge >= 0.3 is 0 Å². The fourth-order valence-corrected chi connectivity index (χ4v) is 3.02. The van der Waals surface area contributed by atoms with Gasteiger partial charge < -0.3 is 5.32 Å². The van der Waals surface area contributed by atoms with E-state index in [-0.39, 0.29) is 0 Å². The van der Waals surface area contributed by atoms with Gasteiger partial charge in [-0.1, -0.05) is 37.6 Å². The van der Waals surface area contributed by atoms with Crippen molar-refractivity contribution in [2.75, 3.05) is 20.1 Å². The SMILES string of the molecule is CCCC1CCN(Cc2ccccc2CNC)C1. The Labute approximate surface area is 111 Å². The number of rotatable bonds is 6. The minimum atomic E-state index is 0.937. The Balaban J connectivity index is 1.93. The first kappa shape index (κ1) is 13.6. The van der Waals surface area contributed by atoms with E-state index in [1.165, 1.54) is 43.5 Å². The van der Waals surface area contributed by atoms with Crippen LogP contribution < -0.4 is 5.32 Å². The Bertz CT molecular complexity index is 362. The summed E-state index contributed by atoms with van der Waals surface area (Å²) in [6.45, 7) is 6.96. The van der Waals surface area contributed by atoms with Gasteiger partial charge in [-0.2, -0.15) is 0 Å². The van der Waals surface area contributed by atoms with Crippen molar-refractivity contribution in [1.29, 1.82) is 0 Å². The fourth-order valence-electron chi connectivity index (χ4n) is 3.02. The van der Waals surface area contributed by atoms with E-state index >= 15 is 0 Å². The van der Waals surface area contributed by atoms with Gasteiger partial charge in [0.25, 0.3) is 0 Å². The van der Waals surface area contributed by atoms with Gasteiger partial charge in [0.15, 0.2) is 0 Å². The van der Waals surface area contributed by atoms with Crippen LogP contribution >= 0.6 is 0 Å². The lowest BCUT2D eigenvalue weighted by molar-refractivity contribution is 0.312. The molecule has 18 heavy (non-hydrogen) atoms. The Kier molecular flexibility index (Phi) is 5.21. The van der Waals surface area contributed by atoms with Gasteiger partial charge in [0.05, 0.1) is 0 Å². The lowest BCUT2D eigenvalue weighted by atomic mass is 10.0. The maximum atomic E-state index is 3.26. The van der Waals surface area contributed by atoms with Crippen molar-refractivity contribution >= 4 is 0 Å². The molecule has 0 spiro atoms. The number of benzene rings is 1. The van der Waals surface area contributed by atoms with Crippen molar-refractivity contribution < 1.29 is 0 Å². The molecule has 100 valence electrons. The average molecular weight is 246 g/mol. The molecule has 0 bridgehead atoms. The van der Waals surface area contributed by atoms with E-state index in [4.69, 9.17) is 0 Å².